The fourth-order valence-electron chi connectivity index (χ4n) is 4.93. The second-order valence-corrected chi connectivity index (χ2v) is 9.04. The molecule has 0 aromatic carbocycles. The number of fused-ring (bicyclic) bond motifs is 2. The van der Waals surface area contributed by atoms with Gasteiger partial charge in [0, 0.05) is 37.6 Å². The molecule has 23 heavy (non-hydrogen) atoms. The number of ether oxygens (including phenoxy) is 1. The average Bonchev–Trinajstić information content (AvgIpc) is 2.83. The maximum atomic E-state index is 12.4. The van der Waals surface area contributed by atoms with Crippen molar-refractivity contribution in [3.63, 3.8) is 0 Å². The molecule has 0 aromatic rings. The molecule has 0 aromatic heterocycles. The SMILES string of the molecule is CC(C)(C)C1OCCCC1CNC(=O)CC1CC2CCC(C1)N2. The summed E-state index contributed by atoms with van der Waals surface area (Å²) in [7, 11) is 0. The van der Waals surface area contributed by atoms with Gasteiger partial charge < -0.3 is 15.4 Å². The van der Waals surface area contributed by atoms with Crippen molar-refractivity contribution in [2.75, 3.05) is 13.2 Å². The van der Waals surface area contributed by atoms with Crippen molar-refractivity contribution in [1.29, 1.82) is 0 Å². The Balaban J connectivity index is 1.44. The summed E-state index contributed by atoms with van der Waals surface area (Å²) in [6.45, 7) is 8.36. The summed E-state index contributed by atoms with van der Waals surface area (Å²) in [6.07, 6.45) is 8.21. The molecule has 2 N–H and O–H groups in total. The molecule has 4 atom stereocenters. The lowest BCUT2D eigenvalue weighted by Crippen LogP contribution is -2.45. The van der Waals surface area contributed by atoms with Gasteiger partial charge in [0.1, 0.15) is 0 Å². The van der Waals surface area contributed by atoms with E-state index in [2.05, 4.69) is 31.4 Å². The van der Waals surface area contributed by atoms with E-state index in [1.165, 1.54) is 32.1 Å². The Hall–Kier alpha value is -0.610. The first-order valence-electron chi connectivity index (χ1n) is 9.56. The fourth-order valence-corrected chi connectivity index (χ4v) is 4.93. The van der Waals surface area contributed by atoms with E-state index in [1.807, 2.05) is 0 Å². The normalized spacial score (nSPS) is 37.6. The van der Waals surface area contributed by atoms with Gasteiger partial charge in [0.25, 0.3) is 0 Å². The summed E-state index contributed by atoms with van der Waals surface area (Å²) >= 11 is 0. The van der Waals surface area contributed by atoms with Crippen molar-refractivity contribution >= 4 is 5.91 Å². The van der Waals surface area contributed by atoms with Gasteiger partial charge in [0.15, 0.2) is 0 Å². The Morgan fingerprint density at radius 1 is 1.17 bits per heavy atom. The lowest BCUT2D eigenvalue weighted by Gasteiger charge is -2.40. The molecule has 3 aliphatic rings. The second kappa shape index (κ2) is 7.10. The zero-order valence-corrected chi connectivity index (χ0v) is 15.1. The van der Waals surface area contributed by atoms with Crippen LogP contribution in [0.3, 0.4) is 0 Å². The van der Waals surface area contributed by atoms with Gasteiger partial charge in [0.2, 0.25) is 5.91 Å². The van der Waals surface area contributed by atoms with E-state index < -0.39 is 0 Å². The molecule has 0 aliphatic carbocycles. The van der Waals surface area contributed by atoms with E-state index in [1.54, 1.807) is 0 Å². The van der Waals surface area contributed by atoms with Gasteiger partial charge in [0.05, 0.1) is 6.10 Å². The minimum Gasteiger partial charge on any atom is -0.377 e. The van der Waals surface area contributed by atoms with Crippen LogP contribution in [0.1, 0.15) is 65.7 Å². The van der Waals surface area contributed by atoms with Crippen LogP contribution in [0.4, 0.5) is 0 Å². The minimum atomic E-state index is 0.143. The van der Waals surface area contributed by atoms with E-state index in [-0.39, 0.29) is 17.4 Å². The van der Waals surface area contributed by atoms with E-state index in [4.69, 9.17) is 4.74 Å². The first kappa shape index (κ1) is 17.2. The predicted octanol–water partition coefficient (Wildman–Crippen LogP) is 2.86. The Kier molecular flexibility index (Phi) is 5.32. The van der Waals surface area contributed by atoms with Crippen LogP contribution in [0, 0.1) is 17.3 Å². The summed E-state index contributed by atoms with van der Waals surface area (Å²) < 4.78 is 6.01. The number of amides is 1. The van der Waals surface area contributed by atoms with Crippen LogP contribution in [0.15, 0.2) is 0 Å². The minimum absolute atomic E-state index is 0.143. The number of hydrogen-bond acceptors (Lipinski definition) is 3. The van der Waals surface area contributed by atoms with Gasteiger partial charge in [-0.1, -0.05) is 20.8 Å². The Labute approximate surface area is 141 Å². The lowest BCUT2D eigenvalue weighted by molar-refractivity contribution is -0.124. The van der Waals surface area contributed by atoms with Gasteiger partial charge in [-0.15, -0.1) is 0 Å². The molecule has 4 nitrogen and oxygen atoms in total. The smallest absolute Gasteiger partial charge is 0.220 e. The number of carbonyl (C=O) groups is 1. The highest BCUT2D eigenvalue weighted by molar-refractivity contribution is 5.76. The van der Waals surface area contributed by atoms with E-state index in [9.17, 15) is 4.79 Å². The Bertz CT molecular complexity index is 406. The monoisotopic (exact) mass is 322 g/mol. The maximum Gasteiger partial charge on any atom is 0.220 e. The summed E-state index contributed by atoms with van der Waals surface area (Å²) in [5.74, 6) is 1.28. The molecule has 0 spiro atoms. The van der Waals surface area contributed by atoms with Crippen molar-refractivity contribution in [3.05, 3.63) is 0 Å². The molecular weight excluding hydrogens is 288 g/mol. The zero-order chi connectivity index (χ0) is 16.4. The van der Waals surface area contributed by atoms with Crippen LogP contribution >= 0.6 is 0 Å². The third-order valence-electron chi connectivity index (χ3n) is 5.90. The number of rotatable bonds is 4. The van der Waals surface area contributed by atoms with Gasteiger partial charge in [-0.2, -0.15) is 0 Å². The topological polar surface area (TPSA) is 50.4 Å². The molecule has 3 heterocycles. The van der Waals surface area contributed by atoms with Gasteiger partial charge >= 0.3 is 0 Å². The number of carbonyl (C=O) groups excluding carboxylic acids is 1. The van der Waals surface area contributed by atoms with Crippen molar-refractivity contribution < 1.29 is 9.53 Å². The molecule has 3 fully saturated rings. The molecule has 4 unspecified atom stereocenters. The van der Waals surface area contributed by atoms with Crippen molar-refractivity contribution in [2.24, 2.45) is 17.3 Å². The molecule has 132 valence electrons. The van der Waals surface area contributed by atoms with Gasteiger partial charge in [-0.25, -0.2) is 0 Å². The maximum absolute atomic E-state index is 12.4. The second-order valence-electron chi connectivity index (χ2n) is 9.04. The predicted molar refractivity (Wildman–Crippen MR) is 92.2 cm³/mol. The molecule has 0 saturated carbocycles. The van der Waals surface area contributed by atoms with Crippen LogP contribution in [-0.2, 0) is 9.53 Å². The van der Waals surface area contributed by atoms with Gasteiger partial charge in [-0.3, -0.25) is 4.79 Å². The van der Waals surface area contributed by atoms with E-state index in [0.717, 1.165) is 19.6 Å². The molecule has 3 aliphatic heterocycles. The number of hydrogen-bond donors (Lipinski definition) is 2. The van der Waals surface area contributed by atoms with Crippen LogP contribution in [-0.4, -0.2) is 37.2 Å². The van der Waals surface area contributed by atoms with Crippen molar-refractivity contribution in [3.8, 4) is 0 Å². The first-order valence-corrected chi connectivity index (χ1v) is 9.56. The lowest BCUT2D eigenvalue weighted by atomic mass is 9.78. The van der Waals surface area contributed by atoms with Crippen molar-refractivity contribution in [1.82, 2.24) is 10.6 Å². The molecule has 0 radical (unpaired) electrons. The van der Waals surface area contributed by atoms with E-state index in [0.29, 0.717) is 30.3 Å². The average molecular weight is 322 g/mol. The first-order chi connectivity index (χ1) is 10.9. The third-order valence-corrected chi connectivity index (χ3v) is 5.90. The molecular formula is C19H34N2O2. The highest BCUT2D eigenvalue weighted by atomic mass is 16.5. The summed E-state index contributed by atoms with van der Waals surface area (Å²) in [5, 5.41) is 6.86. The summed E-state index contributed by atoms with van der Waals surface area (Å²) in [4.78, 5) is 12.4. The van der Waals surface area contributed by atoms with Crippen LogP contribution in [0.2, 0.25) is 0 Å². The zero-order valence-electron chi connectivity index (χ0n) is 15.1. The van der Waals surface area contributed by atoms with E-state index >= 15 is 0 Å². The Morgan fingerprint density at radius 2 is 1.87 bits per heavy atom. The van der Waals surface area contributed by atoms with Crippen molar-refractivity contribution in [2.45, 2.75) is 83.9 Å². The number of piperidine rings is 1. The summed E-state index contributed by atoms with van der Waals surface area (Å²) in [5.41, 5.74) is 0.143. The van der Waals surface area contributed by atoms with Crippen LogP contribution in [0.25, 0.3) is 0 Å². The Morgan fingerprint density at radius 3 is 2.52 bits per heavy atom. The standard InChI is InChI=1S/C19H34N2O2/c1-19(2,3)18-14(5-4-8-23-18)12-20-17(22)11-13-9-15-6-7-16(10-13)21-15/h13-16,18,21H,4-12H2,1-3H3,(H,20,22). The molecule has 1 amide bonds. The highest BCUT2D eigenvalue weighted by Gasteiger charge is 2.36. The summed E-state index contributed by atoms with van der Waals surface area (Å²) in [6, 6.07) is 1.34. The number of nitrogens with one attached hydrogen (secondary N) is 2. The fraction of sp³-hybridized carbons (Fsp3) is 0.947. The molecule has 3 rings (SSSR count). The largest absolute Gasteiger partial charge is 0.377 e. The highest BCUT2D eigenvalue weighted by Crippen LogP contribution is 2.34. The molecule has 2 bridgehead atoms. The molecule has 3 saturated heterocycles. The molecule has 4 heteroatoms. The van der Waals surface area contributed by atoms with Crippen LogP contribution in [0.5, 0.6) is 0 Å². The van der Waals surface area contributed by atoms with Gasteiger partial charge in [-0.05, 0) is 49.9 Å². The van der Waals surface area contributed by atoms with Crippen LogP contribution < -0.4 is 10.6 Å². The third kappa shape index (κ3) is 4.48. The quantitative estimate of drug-likeness (QED) is 0.837.